The van der Waals surface area contributed by atoms with Crippen LogP contribution in [0, 0.1) is 0 Å². The molecule has 0 radical (unpaired) electrons. The van der Waals surface area contributed by atoms with Gasteiger partial charge in [0.05, 0.1) is 0 Å². The molecule has 2 aliphatic rings. The van der Waals surface area contributed by atoms with Crippen LogP contribution in [-0.4, -0.2) is 6.04 Å². The molecule has 0 fully saturated rings. The van der Waals surface area contributed by atoms with Gasteiger partial charge in [0.25, 0.3) is 0 Å². The lowest BCUT2D eigenvalue weighted by Crippen LogP contribution is -2.17. The molecule has 1 nitrogen and oxygen atoms in total. The maximum atomic E-state index is 3.60. The number of allylic oxidation sites excluding steroid dienone is 3. The monoisotopic (exact) mass is 403 g/mol. The zero-order valence-electron chi connectivity index (χ0n) is 17.9. The molecule has 0 bridgehead atoms. The topological polar surface area (TPSA) is 12.0 Å². The highest BCUT2D eigenvalue weighted by Gasteiger charge is 2.14. The van der Waals surface area contributed by atoms with Crippen molar-refractivity contribution in [3.63, 3.8) is 0 Å². The van der Waals surface area contributed by atoms with Gasteiger partial charge in [0.1, 0.15) is 0 Å². The third-order valence-electron chi connectivity index (χ3n) is 6.31. The molecular weight excluding hydrogens is 374 g/mol. The van der Waals surface area contributed by atoms with E-state index in [0.29, 0.717) is 6.04 Å². The van der Waals surface area contributed by atoms with Gasteiger partial charge in [-0.05, 0) is 83.7 Å². The zero-order valence-corrected chi connectivity index (χ0v) is 17.9. The first kappa shape index (κ1) is 19.6. The molecule has 3 aromatic rings. The molecule has 1 N–H and O–H groups in total. The Morgan fingerprint density at radius 2 is 1.52 bits per heavy atom. The minimum absolute atomic E-state index is 0.337. The van der Waals surface area contributed by atoms with Gasteiger partial charge in [-0.1, -0.05) is 85.0 Å². The van der Waals surface area contributed by atoms with Gasteiger partial charge in [-0.2, -0.15) is 0 Å². The molecule has 0 amide bonds. The van der Waals surface area contributed by atoms with Crippen molar-refractivity contribution in [1.82, 2.24) is 0 Å². The third kappa shape index (κ3) is 4.72. The van der Waals surface area contributed by atoms with Crippen molar-refractivity contribution in [2.45, 2.75) is 38.1 Å². The van der Waals surface area contributed by atoms with Gasteiger partial charge < -0.3 is 5.32 Å². The van der Waals surface area contributed by atoms with Gasteiger partial charge in [-0.15, -0.1) is 0 Å². The number of para-hydroxylation sites is 1. The second-order valence-electron chi connectivity index (χ2n) is 8.53. The summed E-state index contributed by atoms with van der Waals surface area (Å²) >= 11 is 0. The normalized spacial score (nSPS) is 18.3. The van der Waals surface area contributed by atoms with E-state index in [9.17, 15) is 0 Å². The summed E-state index contributed by atoms with van der Waals surface area (Å²) in [7, 11) is 0. The molecule has 0 saturated carbocycles. The van der Waals surface area contributed by atoms with Crippen LogP contribution >= 0.6 is 0 Å². The highest BCUT2D eigenvalue weighted by molar-refractivity contribution is 5.82. The van der Waals surface area contributed by atoms with Gasteiger partial charge in [0.15, 0.2) is 0 Å². The van der Waals surface area contributed by atoms with E-state index < -0.39 is 0 Å². The zero-order chi connectivity index (χ0) is 20.9. The number of hydrogen-bond acceptors (Lipinski definition) is 1. The Kier molecular flexibility index (Phi) is 5.84. The number of fused-ring (bicyclic) bond motifs is 1. The van der Waals surface area contributed by atoms with Crippen LogP contribution in [-0.2, 0) is 12.8 Å². The molecule has 0 spiro atoms. The summed E-state index contributed by atoms with van der Waals surface area (Å²) in [5, 5.41) is 3.60. The summed E-state index contributed by atoms with van der Waals surface area (Å²) in [6, 6.07) is 28.7. The first-order valence-electron chi connectivity index (χ1n) is 11.4. The van der Waals surface area contributed by atoms with E-state index in [1.54, 1.807) is 0 Å². The van der Waals surface area contributed by atoms with Crippen LogP contribution in [0.4, 0.5) is 5.69 Å². The summed E-state index contributed by atoms with van der Waals surface area (Å²) in [5.41, 5.74) is 9.42. The van der Waals surface area contributed by atoms with E-state index in [1.807, 2.05) is 0 Å². The average molecular weight is 404 g/mol. The quantitative estimate of drug-likeness (QED) is 0.469. The number of benzene rings is 3. The predicted octanol–water partition coefficient (Wildman–Crippen LogP) is 7.36. The molecule has 3 aromatic carbocycles. The van der Waals surface area contributed by atoms with Crippen LogP contribution in [0.1, 0.15) is 41.5 Å². The molecule has 5 rings (SSSR count). The molecule has 0 heterocycles. The van der Waals surface area contributed by atoms with Crippen LogP contribution in [0.15, 0.2) is 109 Å². The number of nitrogens with one attached hydrogen (secondary N) is 1. The Balaban J connectivity index is 1.42. The minimum atomic E-state index is 0.337. The van der Waals surface area contributed by atoms with E-state index in [0.717, 1.165) is 6.42 Å². The van der Waals surface area contributed by atoms with E-state index >= 15 is 0 Å². The minimum Gasteiger partial charge on any atom is -0.379 e. The molecule has 1 unspecified atom stereocenters. The predicted molar refractivity (Wildman–Crippen MR) is 132 cm³/mol. The summed E-state index contributed by atoms with van der Waals surface area (Å²) in [6.07, 6.45) is 15.3. The van der Waals surface area contributed by atoms with Crippen molar-refractivity contribution in [3.05, 3.63) is 131 Å². The van der Waals surface area contributed by atoms with Crippen molar-refractivity contribution in [3.8, 4) is 0 Å². The van der Waals surface area contributed by atoms with Gasteiger partial charge in [-0.25, -0.2) is 0 Å². The maximum absolute atomic E-state index is 3.60. The summed E-state index contributed by atoms with van der Waals surface area (Å²) in [4.78, 5) is 0. The Bertz CT molecular complexity index is 1120. The Morgan fingerprint density at radius 3 is 2.26 bits per heavy atom. The fourth-order valence-corrected chi connectivity index (χ4v) is 4.62. The van der Waals surface area contributed by atoms with Crippen LogP contribution in [0.25, 0.3) is 5.57 Å². The number of anilines is 1. The highest BCUT2D eigenvalue weighted by Crippen LogP contribution is 2.30. The molecule has 0 aromatic heterocycles. The molecule has 0 aliphatic heterocycles. The van der Waals surface area contributed by atoms with E-state index in [4.69, 9.17) is 0 Å². The van der Waals surface area contributed by atoms with Gasteiger partial charge in [0, 0.05) is 11.7 Å². The number of rotatable bonds is 5. The van der Waals surface area contributed by atoms with Crippen molar-refractivity contribution in [2.75, 3.05) is 5.32 Å². The van der Waals surface area contributed by atoms with Crippen molar-refractivity contribution in [1.29, 1.82) is 0 Å². The van der Waals surface area contributed by atoms with E-state index in [2.05, 4.69) is 108 Å². The first-order chi connectivity index (χ1) is 15.3. The summed E-state index contributed by atoms with van der Waals surface area (Å²) in [5.74, 6) is 0. The Hall–Kier alpha value is -3.32. The van der Waals surface area contributed by atoms with Gasteiger partial charge >= 0.3 is 0 Å². The molecule has 0 saturated heterocycles. The van der Waals surface area contributed by atoms with Crippen LogP contribution in [0.5, 0.6) is 0 Å². The standard InChI is InChI=1S/C30H29N/c1-3-10-25(11-4-1)30(27-18-17-24-9-7-8-12-26(24)22-27)21-23-15-19-29(20-16-23)31-28-13-5-2-6-14-28/h1-6,10-11,13-19,21-22,29,31H,7-9,12,20H2. The molecular formula is C30H29N. The molecule has 1 heteroatoms. The number of hydrogen-bond donors (Lipinski definition) is 1. The highest BCUT2D eigenvalue weighted by atomic mass is 14.9. The van der Waals surface area contributed by atoms with Crippen LogP contribution < -0.4 is 5.32 Å². The van der Waals surface area contributed by atoms with Crippen LogP contribution in [0.2, 0.25) is 0 Å². The Morgan fingerprint density at radius 1 is 0.774 bits per heavy atom. The second-order valence-corrected chi connectivity index (χ2v) is 8.53. The molecule has 2 aliphatic carbocycles. The summed E-state index contributed by atoms with van der Waals surface area (Å²) < 4.78 is 0. The van der Waals surface area contributed by atoms with Gasteiger partial charge in [-0.3, -0.25) is 0 Å². The average Bonchev–Trinajstić information content (AvgIpc) is 2.84. The lowest BCUT2D eigenvalue weighted by atomic mass is 9.87. The van der Waals surface area contributed by atoms with Crippen molar-refractivity contribution < 1.29 is 0 Å². The lowest BCUT2D eigenvalue weighted by molar-refractivity contribution is 0.685. The van der Waals surface area contributed by atoms with E-state index in [-0.39, 0.29) is 0 Å². The Labute approximate surface area is 185 Å². The number of aryl methyl sites for hydroxylation is 2. The van der Waals surface area contributed by atoms with E-state index in [1.165, 1.54) is 64.8 Å². The fourth-order valence-electron chi connectivity index (χ4n) is 4.62. The lowest BCUT2D eigenvalue weighted by Gasteiger charge is -2.20. The first-order valence-corrected chi connectivity index (χ1v) is 11.4. The van der Waals surface area contributed by atoms with Crippen LogP contribution in [0.3, 0.4) is 0 Å². The van der Waals surface area contributed by atoms with Crippen molar-refractivity contribution >= 4 is 11.3 Å². The second kappa shape index (κ2) is 9.22. The van der Waals surface area contributed by atoms with Gasteiger partial charge in [0.2, 0.25) is 0 Å². The fraction of sp³-hybridized carbons (Fsp3) is 0.200. The van der Waals surface area contributed by atoms with Crippen molar-refractivity contribution in [2.24, 2.45) is 0 Å². The maximum Gasteiger partial charge on any atom is 0.0482 e. The third-order valence-corrected chi connectivity index (χ3v) is 6.31. The SMILES string of the molecule is C1=CC(Nc2ccccc2)CC=C1C=C(c1ccccc1)c1ccc2c(c1)CCCC2. The molecule has 31 heavy (non-hydrogen) atoms. The molecule has 1 atom stereocenters. The molecule has 154 valence electrons. The smallest absolute Gasteiger partial charge is 0.0482 e. The summed E-state index contributed by atoms with van der Waals surface area (Å²) in [6.45, 7) is 0. The largest absolute Gasteiger partial charge is 0.379 e.